The molecule has 8 rings (SSSR count). The van der Waals surface area contributed by atoms with Crippen molar-refractivity contribution >= 4 is 108 Å². The largest absolute Gasteiger partial charge is 0.311 e. The van der Waals surface area contributed by atoms with E-state index in [0.29, 0.717) is 32.8 Å². The summed E-state index contributed by atoms with van der Waals surface area (Å²) in [7, 11) is 40.0. The standard InChI is InChI=1S/C46H27B6N/c47-41-37(32-14-8-3-9-15-32)39-40(44(50)46(52)45(51)43(39)49)42(48)38(41)33-20-26-36(27-21-33)53(34-22-16-30(17-23-34)28-10-4-1-5-11-28)35-24-18-31(19-25-35)29-12-6-2-7-13-29/h1-27H. The Kier molecular flexibility index (Phi) is 9.27. The SMILES string of the molecule is [B]c1c([B])c([B])c2c(-c3ccccc3)c([B])c(-c3ccc(N(c4ccc(-c5ccccc5)cc4)c4ccc(-c5ccccc5)cc4)cc3)c([B])c2c1[B]. The third-order valence-corrected chi connectivity index (χ3v) is 9.93. The van der Waals surface area contributed by atoms with Crippen LogP contribution in [0.25, 0.3) is 55.3 Å². The van der Waals surface area contributed by atoms with Crippen LogP contribution in [-0.4, -0.2) is 47.1 Å². The molecule has 1 nitrogen and oxygen atoms in total. The lowest BCUT2D eigenvalue weighted by Crippen LogP contribution is -2.50. The van der Waals surface area contributed by atoms with Crippen LogP contribution in [0.2, 0.25) is 0 Å². The fourth-order valence-electron chi connectivity index (χ4n) is 7.21. The lowest BCUT2D eigenvalue weighted by atomic mass is 9.60. The molecule has 0 unspecified atom stereocenters. The van der Waals surface area contributed by atoms with Gasteiger partial charge in [-0.25, -0.2) is 0 Å². The molecule has 0 fully saturated rings. The van der Waals surface area contributed by atoms with Gasteiger partial charge in [-0.3, -0.25) is 0 Å². The van der Waals surface area contributed by atoms with Crippen molar-refractivity contribution in [1.82, 2.24) is 0 Å². The maximum absolute atomic E-state index is 7.07. The van der Waals surface area contributed by atoms with E-state index in [9.17, 15) is 0 Å². The van der Waals surface area contributed by atoms with Crippen molar-refractivity contribution in [2.75, 3.05) is 4.90 Å². The van der Waals surface area contributed by atoms with Gasteiger partial charge in [0.1, 0.15) is 47.1 Å². The first-order valence-electron chi connectivity index (χ1n) is 17.3. The quantitative estimate of drug-likeness (QED) is 0.198. The Hall–Kier alpha value is -5.79. The summed E-state index contributed by atoms with van der Waals surface area (Å²) in [4.78, 5) is 2.23. The maximum Gasteiger partial charge on any atom is 0.115 e. The molecular formula is C46H27B6N. The zero-order chi connectivity index (χ0) is 36.6. The summed E-state index contributed by atoms with van der Waals surface area (Å²) in [6.45, 7) is 0. The van der Waals surface area contributed by atoms with Crippen molar-refractivity contribution < 1.29 is 0 Å². The average molecular weight is 659 g/mol. The number of benzene rings is 8. The molecule has 8 aromatic carbocycles. The molecular weight excluding hydrogens is 631 g/mol. The van der Waals surface area contributed by atoms with Crippen molar-refractivity contribution in [1.29, 1.82) is 0 Å². The number of hydrogen-bond acceptors (Lipinski definition) is 1. The fraction of sp³-hybridized carbons (Fsp3) is 0. The van der Waals surface area contributed by atoms with Crippen LogP contribution in [-0.2, 0) is 0 Å². The van der Waals surface area contributed by atoms with E-state index < -0.39 is 0 Å². The van der Waals surface area contributed by atoms with Crippen LogP contribution in [0.5, 0.6) is 0 Å². The second-order valence-electron chi connectivity index (χ2n) is 13.1. The first kappa shape index (κ1) is 34.3. The molecule has 53 heavy (non-hydrogen) atoms. The van der Waals surface area contributed by atoms with Gasteiger partial charge < -0.3 is 4.90 Å². The summed E-state index contributed by atoms with van der Waals surface area (Å²) in [5, 5.41) is 1.11. The van der Waals surface area contributed by atoms with Gasteiger partial charge >= 0.3 is 0 Å². The van der Waals surface area contributed by atoms with E-state index in [4.69, 9.17) is 47.1 Å². The topological polar surface area (TPSA) is 3.24 Å². The highest BCUT2D eigenvalue weighted by Crippen LogP contribution is 2.38. The zero-order valence-electron chi connectivity index (χ0n) is 29.0. The first-order chi connectivity index (χ1) is 25.8. The Bertz CT molecular complexity index is 2490. The molecule has 0 N–H and O–H groups in total. The number of rotatable bonds is 7. The molecule has 8 aromatic rings. The van der Waals surface area contributed by atoms with Crippen LogP contribution in [0, 0.1) is 0 Å². The molecule has 0 saturated carbocycles. The molecule has 0 aliphatic carbocycles. The van der Waals surface area contributed by atoms with Crippen molar-refractivity contribution in [3.05, 3.63) is 164 Å². The minimum atomic E-state index is 0.194. The van der Waals surface area contributed by atoms with Gasteiger partial charge in [0, 0.05) is 17.1 Å². The summed E-state index contributed by atoms with van der Waals surface area (Å²) in [6.07, 6.45) is 0. The highest BCUT2D eigenvalue weighted by Gasteiger charge is 2.21. The van der Waals surface area contributed by atoms with Gasteiger partial charge in [0.05, 0.1) is 0 Å². The Morgan fingerprint density at radius 3 is 0.981 bits per heavy atom. The monoisotopic (exact) mass is 659 g/mol. The molecule has 7 heteroatoms. The van der Waals surface area contributed by atoms with Gasteiger partial charge in [-0.2, -0.15) is 0 Å². The van der Waals surface area contributed by atoms with Gasteiger partial charge in [0.15, 0.2) is 0 Å². The smallest absolute Gasteiger partial charge is 0.115 e. The second-order valence-corrected chi connectivity index (χ2v) is 13.1. The van der Waals surface area contributed by atoms with E-state index in [0.717, 1.165) is 50.4 Å². The zero-order valence-corrected chi connectivity index (χ0v) is 29.0. The summed E-state index contributed by atoms with van der Waals surface area (Å²) in [5.41, 5.74) is 12.4. The lowest BCUT2D eigenvalue weighted by molar-refractivity contribution is 1.28. The highest BCUT2D eigenvalue weighted by molar-refractivity contribution is 6.69. The molecule has 0 aliphatic rings. The molecule has 0 aliphatic heterocycles. The van der Waals surface area contributed by atoms with Crippen LogP contribution < -0.4 is 37.7 Å². The molecule has 0 heterocycles. The molecule has 0 atom stereocenters. The van der Waals surface area contributed by atoms with Crippen molar-refractivity contribution in [3.63, 3.8) is 0 Å². The third kappa shape index (κ3) is 6.25. The highest BCUT2D eigenvalue weighted by atomic mass is 15.1. The Morgan fingerprint density at radius 1 is 0.245 bits per heavy atom. The van der Waals surface area contributed by atoms with Crippen molar-refractivity contribution in [2.24, 2.45) is 0 Å². The van der Waals surface area contributed by atoms with Gasteiger partial charge in [-0.15, -0.1) is 10.9 Å². The number of anilines is 3. The van der Waals surface area contributed by atoms with Crippen LogP contribution in [0.4, 0.5) is 17.1 Å². The number of fused-ring (bicyclic) bond motifs is 1. The second kappa shape index (κ2) is 14.3. The normalized spacial score (nSPS) is 11.1. The Labute approximate surface area is 319 Å². The molecule has 0 spiro atoms. The number of nitrogens with zero attached hydrogens (tertiary/aromatic N) is 1. The molecule has 0 amide bonds. The van der Waals surface area contributed by atoms with Gasteiger partial charge in [0.25, 0.3) is 0 Å². The summed E-state index contributed by atoms with van der Waals surface area (Å²) >= 11 is 0. The van der Waals surface area contributed by atoms with Crippen LogP contribution >= 0.6 is 0 Å². The van der Waals surface area contributed by atoms with Crippen molar-refractivity contribution in [3.8, 4) is 44.5 Å². The molecule has 0 bridgehead atoms. The van der Waals surface area contributed by atoms with E-state index in [1.165, 1.54) is 0 Å². The molecule has 12 radical (unpaired) electrons. The number of hydrogen-bond donors (Lipinski definition) is 0. The summed E-state index contributed by atoms with van der Waals surface area (Å²) in [6, 6.07) is 55.9. The van der Waals surface area contributed by atoms with E-state index in [1.807, 2.05) is 54.6 Å². The minimum Gasteiger partial charge on any atom is -0.311 e. The third-order valence-electron chi connectivity index (χ3n) is 9.93. The minimum absolute atomic E-state index is 0.194. The van der Waals surface area contributed by atoms with Gasteiger partial charge in [-0.1, -0.05) is 149 Å². The van der Waals surface area contributed by atoms with E-state index >= 15 is 0 Å². The van der Waals surface area contributed by atoms with Crippen LogP contribution in [0.1, 0.15) is 0 Å². The fourth-order valence-corrected chi connectivity index (χ4v) is 7.21. The predicted octanol–water partition coefficient (Wildman–Crippen LogP) is 5.74. The molecule has 234 valence electrons. The Morgan fingerprint density at radius 2 is 0.566 bits per heavy atom. The molecule has 0 saturated heterocycles. The maximum atomic E-state index is 7.07. The van der Waals surface area contributed by atoms with Gasteiger partial charge in [-0.05, 0) is 91.7 Å². The van der Waals surface area contributed by atoms with Crippen LogP contribution in [0.3, 0.4) is 0 Å². The summed E-state index contributed by atoms with van der Waals surface area (Å²) in [5.74, 6) is 0. The Balaban J connectivity index is 1.27. The summed E-state index contributed by atoms with van der Waals surface area (Å²) < 4.78 is 0. The predicted molar refractivity (Wildman–Crippen MR) is 233 cm³/mol. The van der Waals surface area contributed by atoms with E-state index in [1.54, 1.807) is 0 Å². The van der Waals surface area contributed by atoms with E-state index in [2.05, 4.69) is 114 Å². The molecule has 0 aromatic heterocycles. The van der Waals surface area contributed by atoms with Crippen LogP contribution in [0.15, 0.2) is 164 Å². The van der Waals surface area contributed by atoms with Gasteiger partial charge in [0.2, 0.25) is 0 Å². The van der Waals surface area contributed by atoms with Crippen molar-refractivity contribution in [2.45, 2.75) is 0 Å². The first-order valence-corrected chi connectivity index (χ1v) is 17.3. The average Bonchev–Trinajstić information content (AvgIpc) is 3.21. The van der Waals surface area contributed by atoms with E-state index in [-0.39, 0.29) is 21.9 Å². The lowest BCUT2D eigenvalue weighted by Gasteiger charge is -2.28.